The third-order valence-electron chi connectivity index (χ3n) is 4.74. The highest BCUT2D eigenvalue weighted by Crippen LogP contribution is 2.33. The number of nitrogens with zero attached hydrogens (tertiary/aromatic N) is 4. The number of aryl methyl sites for hydroxylation is 1. The van der Waals surface area contributed by atoms with E-state index in [2.05, 4.69) is 25.3 Å². The molecule has 31 heavy (non-hydrogen) atoms. The highest BCUT2D eigenvalue weighted by Gasteiger charge is 2.31. The van der Waals surface area contributed by atoms with E-state index in [9.17, 15) is 13.2 Å². The Labute approximate surface area is 176 Å². The molecule has 0 saturated heterocycles. The molecule has 4 rings (SSSR count). The molecule has 4 aromatic rings. The van der Waals surface area contributed by atoms with Gasteiger partial charge in [0.1, 0.15) is 11.8 Å². The summed E-state index contributed by atoms with van der Waals surface area (Å²) < 4.78 is 44.3. The average Bonchev–Trinajstić information content (AvgIpc) is 2.74. The van der Waals surface area contributed by atoms with Gasteiger partial charge in [0, 0.05) is 36.3 Å². The minimum Gasteiger partial charge on any atom is -0.380 e. The maximum absolute atomic E-state index is 13.1. The summed E-state index contributed by atoms with van der Waals surface area (Å²) in [5.74, 6) is 0.381. The molecule has 0 aliphatic rings. The number of alkyl halides is 3. The van der Waals surface area contributed by atoms with Gasteiger partial charge < -0.3 is 10.1 Å². The lowest BCUT2D eigenvalue weighted by Crippen LogP contribution is -2.08. The SMILES string of the molecule is COCc1cc(C(F)(F)F)ccc1Nc1ncnc2cc(-c3ncccc3C)cnc12. The van der Waals surface area contributed by atoms with Crippen molar-refractivity contribution in [2.75, 3.05) is 12.4 Å². The third-order valence-corrected chi connectivity index (χ3v) is 4.74. The van der Waals surface area contributed by atoms with Crippen LogP contribution in [0.4, 0.5) is 24.7 Å². The number of pyridine rings is 2. The maximum Gasteiger partial charge on any atom is 0.416 e. The lowest BCUT2D eigenvalue weighted by Gasteiger charge is -2.15. The summed E-state index contributed by atoms with van der Waals surface area (Å²) in [4.78, 5) is 17.4. The Balaban J connectivity index is 1.73. The highest BCUT2D eigenvalue weighted by molar-refractivity contribution is 5.89. The number of benzene rings is 1. The molecular formula is C22H18F3N5O. The van der Waals surface area contributed by atoms with Gasteiger partial charge in [-0.2, -0.15) is 13.2 Å². The maximum atomic E-state index is 13.1. The molecule has 0 saturated carbocycles. The van der Waals surface area contributed by atoms with Crippen molar-refractivity contribution in [3.8, 4) is 11.3 Å². The Bertz CT molecular complexity index is 1240. The lowest BCUT2D eigenvalue weighted by molar-refractivity contribution is -0.137. The first kappa shape index (κ1) is 20.7. The van der Waals surface area contributed by atoms with Crippen LogP contribution in [-0.4, -0.2) is 27.0 Å². The molecule has 0 amide bonds. The van der Waals surface area contributed by atoms with Crippen LogP contribution in [0.25, 0.3) is 22.3 Å². The molecule has 6 nitrogen and oxygen atoms in total. The van der Waals surface area contributed by atoms with Crippen LogP contribution in [0.2, 0.25) is 0 Å². The zero-order valence-corrected chi connectivity index (χ0v) is 16.7. The van der Waals surface area contributed by atoms with Gasteiger partial charge in [-0.25, -0.2) is 15.0 Å². The third kappa shape index (κ3) is 4.31. The van der Waals surface area contributed by atoms with E-state index >= 15 is 0 Å². The fourth-order valence-corrected chi connectivity index (χ4v) is 3.25. The summed E-state index contributed by atoms with van der Waals surface area (Å²) in [6, 6.07) is 9.11. The van der Waals surface area contributed by atoms with E-state index < -0.39 is 11.7 Å². The fraction of sp³-hybridized carbons (Fsp3) is 0.182. The number of halogens is 3. The van der Waals surface area contributed by atoms with E-state index in [-0.39, 0.29) is 6.61 Å². The van der Waals surface area contributed by atoms with Crippen LogP contribution in [-0.2, 0) is 17.5 Å². The van der Waals surface area contributed by atoms with E-state index in [0.29, 0.717) is 28.1 Å². The van der Waals surface area contributed by atoms with E-state index in [1.54, 1.807) is 12.4 Å². The molecule has 1 aromatic carbocycles. The second-order valence-corrected chi connectivity index (χ2v) is 6.91. The van der Waals surface area contributed by atoms with Crippen molar-refractivity contribution in [2.24, 2.45) is 0 Å². The molecule has 0 bridgehead atoms. The van der Waals surface area contributed by atoms with Gasteiger partial charge in [0.25, 0.3) is 0 Å². The van der Waals surface area contributed by atoms with E-state index in [4.69, 9.17) is 4.74 Å². The van der Waals surface area contributed by atoms with Gasteiger partial charge in [0.2, 0.25) is 0 Å². The van der Waals surface area contributed by atoms with Crippen LogP contribution >= 0.6 is 0 Å². The Morgan fingerprint density at radius 3 is 2.61 bits per heavy atom. The van der Waals surface area contributed by atoms with Crippen molar-refractivity contribution in [1.82, 2.24) is 19.9 Å². The molecule has 9 heteroatoms. The summed E-state index contributed by atoms with van der Waals surface area (Å²) in [7, 11) is 1.42. The molecule has 3 heterocycles. The van der Waals surface area contributed by atoms with E-state index in [0.717, 1.165) is 29.0 Å². The van der Waals surface area contributed by atoms with Crippen molar-refractivity contribution >= 4 is 22.5 Å². The standard InChI is InChI=1S/C22H18F3N5O/c1-13-4-3-7-26-19(13)14-9-18-20(27-10-14)21(29-12-28-18)30-17-6-5-16(22(23,24)25)8-15(17)11-31-2/h3-10,12H,11H2,1-2H3,(H,28,29,30). The molecule has 0 spiro atoms. The van der Waals surface area contributed by atoms with Crippen molar-refractivity contribution in [3.05, 3.63) is 71.8 Å². The summed E-state index contributed by atoms with van der Waals surface area (Å²) in [5, 5.41) is 3.07. The van der Waals surface area contributed by atoms with Gasteiger partial charge >= 0.3 is 6.18 Å². The van der Waals surface area contributed by atoms with Crippen molar-refractivity contribution in [3.63, 3.8) is 0 Å². The van der Waals surface area contributed by atoms with Gasteiger partial charge in [-0.15, -0.1) is 0 Å². The summed E-state index contributed by atoms with van der Waals surface area (Å²) in [6.45, 7) is 1.97. The van der Waals surface area contributed by atoms with Crippen molar-refractivity contribution < 1.29 is 17.9 Å². The molecule has 1 N–H and O–H groups in total. The van der Waals surface area contributed by atoms with E-state index in [1.165, 1.54) is 19.5 Å². The zero-order valence-electron chi connectivity index (χ0n) is 16.7. The van der Waals surface area contributed by atoms with Crippen LogP contribution in [0.3, 0.4) is 0 Å². The van der Waals surface area contributed by atoms with Crippen LogP contribution in [0, 0.1) is 6.92 Å². The molecular weight excluding hydrogens is 407 g/mol. The Morgan fingerprint density at radius 1 is 1.03 bits per heavy atom. The normalized spacial score (nSPS) is 11.6. The van der Waals surface area contributed by atoms with E-state index in [1.807, 2.05) is 25.1 Å². The number of nitrogens with one attached hydrogen (secondary N) is 1. The fourth-order valence-electron chi connectivity index (χ4n) is 3.25. The quantitative estimate of drug-likeness (QED) is 0.468. The molecule has 158 valence electrons. The minimum atomic E-state index is -4.44. The molecule has 0 aliphatic carbocycles. The minimum absolute atomic E-state index is 0.00575. The monoisotopic (exact) mass is 425 g/mol. The number of anilines is 2. The topological polar surface area (TPSA) is 72.8 Å². The summed E-state index contributed by atoms with van der Waals surface area (Å²) in [6.07, 6.45) is 0.322. The van der Waals surface area contributed by atoms with Gasteiger partial charge in [-0.3, -0.25) is 4.98 Å². The number of methoxy groups -OCH3 is 1. The van der Waals surface area contributed by atoms with Crippen molar-refractivity contribution in [1.29, 1.82) is 0 Å². The lowest BCUT2D eigenvalue weighted by atomic mass is 10.1. The first-order valence-electron chi connectivity index (χ1n) is 9.35. The van der Waals surface area contributed by atoms with Gasteiger partial charge in [-0.1, -0.05) is 6.07 Å². The van der Waals surface area contributed by atoms with Crippen LogP contribution < -0.4 is 5.32 Å². The van der Waals surface area contributed by atoms with Crippen LogP contribution in [0.1, 0.15) is 16.7 Å². The van der Waals surface area contributed by atoms with Crippen molar-refractivity contribution in [2.45, 2.75) is 19.7 Å². The van der Waals surface area contributed by atoms with Crippen LogP contribution in [0.15, 0.2) is 55.1 Å². The average molecular weight is 425 g/mol. The van der Waals surface area contributed by atoms with Gasteiger partial charge in [0.15, 0.2) is 5.82 Å². The number of rotatable bonds is 5. The molecule has 0 aliphatic heterocycles. The number of aromatic nitrogens is 4. The zero-order chi connectivity index (χ0) is 22.0. The van der Waals surface area contributed by atoms with Crippen LogP contribution in [0.5, 0.6) is 0 Å². The van der Waals surface area contributed by atoms with Gasteiger partial charge in [-0.05, 0) is 42.8 Å². The largest absolute Gasteiger partial charge is 0.416 e. The predicted octanol–water partition coefficient (Wildman–Crippen LogP) is 5.30. The highest BCUT2D eigenvalue weighted by atomic mass is 19.4. The number of fused-ring (bicyclic) bond motifs is 1. The number of ether oxygens (including phenoxy) is 1. The Kier molecular flexibility index (Phi) is 5.51. The first-order valence-corrected chi connectivity index (χ1v) is 9.35. The second-order valence-electron chi connectivity index (χ2n) is 6.91. The molecule has 3 aromatic heterocycles. The smallest absolute Gasteiger partial charge is 0.380 e. The Morgan fingerprint density at radius 2 is 1.87 bits per heavy atom. The Hall–Kier alpha value is -3.59. The number of hydrogen-bond donors (Lipinski definition) is 1. The summed E-state index contributed by atoms with van der Waals surface area (Å²) >= 11 is 0. The first-order chi connectivity index (χ1) is 14.9. The van der Waals surface area contributed by atoms with Gasteiger partial charge in [0.05, 0.1) is 23.4 Å². The number of hydrogen-bond acceptors (Lipinski definition) is 6. The molecule has 0 radical (unpaired) electrons. The molecule has 0 atom stereocenters. The molecule has 0 fully saturated rings. The second kappa shape index (κ2) is 8.27. The molecule has 0 unspecified atom stereocenters. The summed E-state index contributed by atoms with van der Waals surface area (Å²) in [5.41, 5.74) is 3.74. The predicted molar refractivity (Wildman–Crippen MR) is 111 cm³/mol.